The Hall–Kier alpha value is -2.25. The van der Waals surface area contributed by atoms with Crippen molar-refractivity contribution in [1.29, 1.82) is 0 Å². The van der Waals surface area contributed by atoms with Crippen molar-refractivity contribution < 1.29 is 14.3 Å². The average Bonchev–Trinajstić information content (AvgIpc) is 2.96. The fraction of sp³-hybridized carbons (Fsp3) is 0.111. The van der Waals surface area contributed by atoms with E-state index in [1.807, 2.05) is 36.4 Å². The van der Waals surface area contributed by atoms with Crippen LogP contribution in [0.5, 0.6) is 11.5 Å². The first-order chi connectivity index (χ1) is 12.1. The Kier molecular flexibility index (Phi) is 5.45. The van der Waals surface area contributed by atoms with Gasteiger partial charge < -0.3 is 14.8 Å². The number of amidine groups is 1. The number of nitrogens with one attached hydrogen (secondary N) is 1. The number of aliphatic imine (C=N–C) groups is 1. The number of ether oxygens (including phenoxy) is 2. The van der Waals surface area contributed by atoms with Gasteiger partial charge in [-0.1, -0.05) is 22.0 Å². The first kappa shape index (κ1) is 17.6. The van der Waals surface area contributed by atoms with Crippen molar-refractivity contribution in [3.05, 3.63) is 57.4 Å². The van der Waals surface area contributed by atoms with Crippen LogP contribution in [0.4, 0.5) is 5.69 Å². The van der Waals surface area contributed by atoms with E-state index in [2.05, 4.69) is 26.2 Å². The van der Waals surface area contributed by atoms with Crippen LogP contribution in [-0.2, 0) is 4.79 Å². The molecule has 128 valence electrons. The van der Waals surface area contributed by atoms with Crippen molar-refractivity contribution in [2.45, 2.75) is 0 Å². The van der Waals surface area contributed by atoms with Crippen LogP contribution in [0.1, 0.15) is 5.56 Å². The predicted octanol–water partition coefficient (Wildman–Crippen LogP) is 4.36. The molecule has 1 aliphatic rings. The molecule has 0 atom stereocenters. The molecular formula is C18H15BrN2O3S. The summed E-state index contributed by atoms with van der Waals surface area (Å²) in [6, 6.07) is 13.1. The van der Waals surface area contributed by atoms with Gasteiger partial charge in [0.2, 0.25) is 0 Å². The maximum absolute atomic E-state index is 12.2. The van der Waals surface area contributed by atoms with Crippen LogP contribution in [-0.4, -0.2) is 25.3 Å². The molecule has 0 saturated carbocycles. The van der Waals surface area contributed by atoms with Gasteiger partial charge in [-0.2, -0.15) is 0 Å². The predicted molar refractivity (Wildman–Crippen MR) is 104 cm³/mol. The minimum Gasteiger partial charge on any atom is -0.493 e. The van der Waals surface area contributed by atoms with Gasteiger partial charge in [-0.25, -0.2) is 4.99 Å². The number of carbonyl (C=O) groups excluding carboxylic acids is 1. The molecule has 25 heavy (non-hydrogen) atoms. The molecule has 1 aliphatic heterocycles. The van der Waals surface area contributed by atoms with Crippen molar-refractivity contribution in [3.63, 3.8) is 0 Å². The minimum atomic E-state index is -0.171. The van der Waals surface area contributed by atoms with E-state index in [-0.39, 0.29) is 5.91 Å². The van der Waals surface area contributed by atoms with Crippen molar-refractivity contribution in [1.82, 2.24) is 5.32 Å². The maximum atomic E-state index is 12.2. The standard InChI is InChI=1S/C18H15BrN2O3S/c1-23-14-8-3-11(9-15(14)24-2)10-16-17(22)21-18(25-16)20-13-6-4-12(19)5-7-13/h3-10H,1-2H3,(H,20,21,22)/b16-10-. The lowest BCUT2D eigenvalue weighted by Gasteiger charge is -2.07. The van der Waals surface area contributed by atoms with Crippen LogP contribution in [0.2, 0.25) is 0 Å². The number of methoxy groups -OCH3 is 2. The Morgan fingerprint density at radius 1 is 1.08 bits per heavy atom. The van der Waals surface area contributed by atoms with E-state index in [4.69, 9.17) is 9.47 Å². The van der Waals surface area contributed by atoms with Crippen LogP contribution in [0.15, 0.2) is 56.8 Å². The largest absolute Gasteiger partial charge is 0.493 e. The van der Waals surface area contributed by atoms with Gasteiger partial charge in [0.05, 0.1) is 24.8 Å². The summed E-state index contributed by atoms with van der Waals surface area (Å²) in [5.41, 5.74) is 1.62. The molecular weight excluding hydrogens is 404 g/mol. The number of hydrogen-bond donors (Lipinski definition) is 1. The molecule has 0 unspecified atom stereocenters. The average molecular weight is 419 g/mol. The van der Waals surface area contributed by atoms with E-state index in [0.717, 1.165) is 15.7 Å². The van der Waals surface area contributed by atoms with Crippen LogP contribution in [0.3, 0.4) is 0 Å². The quantitative estimate of drug-likeness (QED) is 0.749. The molecule has 7 heteroatoms. The molecule has 1 fully saturated rings. The summed E-state index contributed by atoms with van der Waals surface area (Å²) in [5, 5.41) is 3.33. The minimum absolute atomic E-state index is 0.171. The van der Waals surface area contributed by atoms with Gasteiger partial charge in [-0.05, 0) is 59.8 Å². The second kappa shape index (κ2) is 7.76. The monoisotopic (exact) mass is 418 g/mol. The van der Waals surface area contributed by atoms with Gasteiger partial charge in [-0.3, -0.25) is 4.79 Å². The molecule has 2 aromatic carbocycles. The molecule has 0 aromatic heterocycles. The molecule has 1 N–H and O–H groups in total. The zero-order valence-electron chi connectivity index (χ0n) is 13.6. The highest BCUT2D eigenvalue weighted by Gasteiger charge is 2.23. The summed E-state index contributed by atoms with van der Waals surface area (Å²) in [7, 11) is 3.16. The topological polar surface area (TPSA) is 59.9 Å². The molecule has 1 saturated heterocycles. The molecule has 3 rings (SSSR count). The normalized spacial score (nSPS) is 17.0. The number of halogens is 1. The summed E-state index contributed by atoms with van der Waals surface area (Å²) in [5.74, 6) is 1.09. The van der Waals surface area contributed by atoms with Gasteiger partial charge in [0.15, 0.2) is 16.7 Å². The number of carbonyl (C=O) groups is 1. The fourth-order valence-electron chi connectivity index (χ4n) is 2.21. The SMILES string of the molecule is COc1ccc(/C=C2\SC(=Nc3ccc(Br)cc3)NC2=O)cc1OC. The highest BCUT2D eigenvalue weighted by Crippen LogP contribution is 2.32. The molecule has 0 spiro atoms. The molecule has 1 amide bonds. The summed E-state index contributed by atoms with van der Waals surface area (Å²) < 4.78 is 11.5. The van der Waals surface area contributed by atoms with Crippen molar-refractivity contribution in [2.75, 3.05) is 14.2 Å². The van der Waals surface area contributed by atoms with Crippen LogP contribution in [0.25, 0.3) is 6.08 Å². The highest BCUT2D eigenvalue weighted by atomic mass is 79.9. The highest BCUT2D eigenvalue weighted by molar-refractivity contribution is 9.10. The Labute approximate surface area is 158 Å². The zero-order chi connectivity index (χ0) is 17.8. The van der Waals surface area contributed by atoms with E-state index in [1.54, 1.807) is 26.4 Å². The van der Waals surface area contributed by atoms with Crippen molar-refractivity contribution in [2.24, 2.45) is 4.99 Å². The van der Waals surface area contributed by atoms with Crippen molar-refractivity contribution in [3.8, 4) is 11.5 Å². The van der Waals surface area contributed by atoms with Crippen LogP contribution in [0, 0.1) is 0 Å². The van der Waals surface area contributed by atoms with E-state index in [9.17, 15) is 4.79 Å². The van der Waals surface area contributed by atoms with E-state index in [1.165, 1.54) is 11.8 Å². The Morgan fingerprint density at radius 3 is 2.48 bits per heavy atom. The van der Waals surface area contributed by atoms with Gasteiger partial charge in [0.1, 0.15) is 0 Å². The number of rotatable bonds is 4. The molecule has 1 heterocycles. The number of amides is 1. The number of thioether (sulfide) groups is 1. The van der Waals surface area contributed by atoms with Gasteiger partial charge >= 0.3 is 0 Å². The Bertz CT molecular complexity index is 863. The Morgan fingerprint density at radius 2 is 1.80 bits per heavy atom. The summed E-state index contributed by atoms with van der Waals surface area (Å²) >= 11 is 4.69. The van der Waals surface area contributed by atoms with E-state index < -0.39 is 0 Å². The second-order valence-corrected chi connectivity index (χ2v) is 7.02. The third-order valence-electron chi connectivity index (χ3n) is 3.41. The van der Waals surface area contributed by atoms with E-state index >= 15 is 0 Å². The first-order valence-electron chi connectivity index (χ1n) is 7.36. The molecule has 0 aliphatic carbocycles. The molecule has 0 radical (unpaired) electrons. The smallest absolute Gasteiger partial charge is 0.264 e. The lowest BCUT2D eigenvalue weighted by Crippen LogP contribution is -2.19. The lowest BCUT2D eigenvalue weighted by atomic mass is 10.2. The molecule has 5 nitrogen and oxygen atoms in total. The first-order valence-corrected chi connectivity index (χ1v) is 8.97. The van der Waals surface area contributed by atoms with Gasteiger partial charge in [0.25, 0.3) is 5.91 Å². The maximum Gasteiger partial charge on any atom is 0.264 e. The molecule has 2 aromatic rings. The fourth-order valence-corrected chi connectivity index (χ4v) is 3.31. The van der Waals surface area contributed by atoms with Crippen molar-refractivity contribution >= 4 is 50.5 Å². The molecule has 0 bridgehead atoms. The summed E-state index contributed by atoms with van der Waals surface area (Å²) in [6.45, 7) is 0. The van der Waals surface area contributed by atoms with Gasteiger partial charge in [0, 0.05) is 4.47 Å². The van der Waals surface area contributed by atoms with Crippen LogP contribution < -0.4 is 14.8 Å². The summed E-state index contributed by atoms with van der Waals surface area (Å²) in [6.07, 6.45) is 1.80. The number of nitrogens with zero attached hydrogens (tertiary/aromatic N) is 1. The zero-order valence-corrected chi connectivity index (χ0v) is 16.0. The third-order valence-corrected chi connectivity index (χ3v) is 4.85. The Balaban J connectivity index is 1.83. The lowest BCUT2D eigenvalue weighted by molar-refractivity contribution is -0.115. The number of benzene rings is 2. The third kappa shape index (κ3) is 4.24. The van der Waals surface area contributed by atoms with E-state index in [0.29, 0.717) is 21.6 Å². The summed E-state index contributed by atoms with van der Waals surface area (Å²) in [4.78, 5) is 17.2. The number of hydrogen-bond acceptors (Lipinski definition) is 5. The van der Waals surface area contributed by atoms with Gasteiger partial charge in [-0.15, -0.1) is 0 Å². The van der Waals surface area contributed by atoms with Crippen LogP contribution >= 0.6 is 27.7 Å². The second-order valence-electron chi connectivity index (χ2n) is 5.07.